The largest absolute Gasteiger partial charge is 0.372 e. The molecule has 5 nitrogen and oxygen atoms in total. The summed E-state index contributed by atoms with van der Waals surface area (Å²) in [4.78, 5) is 28.6. The summed E-state index contributed by atoms with van der Waals surface area (Å²) in [5, 5.41) is 3.02. The molecule has 1 heterocycles. The van der Waals surface area contributed by atoms with Crippen LogP contribution in [0.3, 0.4) is 0 Å². The van der Waals surface area contributed by atoms with E-state index in [0.717, 1.165) is 30.6 Å². The molecular formula is C24H29N3O2. The fourth-order valence-electron chi connectivity index (χ4n) is 3.77. The fraction of sp³-hybridized carbons (Fsp3) is 0.333. The van der Waals surface area contributed by atoms with Crippen LogP contribution in [0.1, 0.15) is 43.9 Å². The zero-order valence-corrected chi connectivity index (χ0v) is 17.2. The number of carbonyl (C=O) groups excluding carboxylic acids is 2. The summed E-state index contributed by atoms with van der Waals surface area (Å²) in [5.41, 5.74) is 3.27. The van der Waals surface area contributed by atoms with Crippen molar-refractivity contribution in [1.29, 1.82) is 0 Å². The van der Waals surface area contributed by atoms with Gasteiger partial charge in [-0.2, -0.15) is 0 Å². The Hall–Kier alpha value is -3.08. The molecule has 2 aromatic carbocycles. The zero-order chi connectivity index (χ0) is 20.6. The standard InChI is InChI=1S/C24H29N3O2/c1-3-26(21-11-5-4-6-12-21)16-9-15-25-24(29)18-23-22-13-8-7-10-20(22)14-17-27(23)19(2)28/h4-8,10-14,17,23H,3,9,15-16,18H2,1-2H3,(H,25,29). The molecule has 29 heavy (non-hydrogen) atoms. The van der Waals surface area contributed by atoms with Crippen LogP contribution >= 0.6 is 0 Å². The minimum atomic E-state index is -0.259. The third-order valence-corrected chi connectivity index (χ3v) is 5.28. The van der Waals surface area contributed by atoms with Crippen LogP contribution in [0.2, 0.25) is 0 Å². The number of nitrogens with one attached hydrogen (secondary N) is 1. The highest BCUT2D eigenvalue weighted by atomic mass is 16.2. The van der Waals surface area contributed by atoms with Gasteiger partial charge in [-0.1, -0.05) is 42.5 Å². The van der Waals surface area contributed by atoms with Gasteiger partial charge in [-0.05, 0) is 42.7 Å². The van der Waals surface area contributed by atoms with E-state index in [4.69, 9.17) is 0 Å². The van der Waals surface area contributed by atoms with Gasteiger partial charge in [0.15, 0.2) is 0 Å². The minimum absolute atomic E-state index is 0.0332. The Balaban J connectivity index is 1.53. The number of fused-ring (bicyclic) bond motifs is 1. The number of nitrogens with zero attached hydrogens (tertiary/aromatic N) is 2. The van der Waals surface area contributed by atoms with Gasteiger partial charge in [0.2, 0.25) is 11.8 Å². The van der Waals surface area contributed by atoms with Crippen molar-refractivity contribution in [2.24, 2.45) is 0 Å². The number of anilines is 1. The Morgan fingerprint density at radius 2 is 1.79 bits per heavy atom. The van der Waals surface area contributed by atoms with Gasteiger partial charge >= 0.3 is 0 Å². The highest BCUT2D eigenvalue weighted by Crippen LogP contribution is 2.32. The first-order valence-corrected chi connectivity index (χ1v) is 10.2. The Morgan fingerprint density at radius 3 is 2.52 bits per heavy atom. The van der Waals surface area contributed by atoms with Gasteiger partial charge in [0, 0.05) is 38.4 Å². The molecule has 1 unspecified atom stereocenters. The second kappa shape index (κ2) is 9.92. The SMILES string of the molecule is CCN(CCCNC(=O)CC1c2ccccc2C=CN1C(C)=O)c1ccccc1. The molecule has 0 fully saturated rings. The first-order chi connectivity index (χ1) is 14.1. The van der Waals surface area contributed by atoms with Crippen LogP contribution in [0.4, 0.5) is 5.69 Å². The Labute approximate surface area is 173 Å². The van der Waals surface area contributed by atoms with E-state index in [1.807, 2.05) is 48.5 Å². The van der Waals surface area contributed by atoms with Crippen LogP contribution in [0.15, 0.2) is 60.8 Å². The zero-order valence-electron chi connectivity index (χ0n) is 17.2. The van der Waals surface area contributed by atoms with E-state index in [1.165, 1.54) is 12.6 Å². The predicted molar refractivity (Wildman–Crippen MR) is 117 cm³/mol. The summed E-state index contributed by atoms with van der Waals surface area (Å²) in [6.45, 7) is 6.10. The van der Waals surface area contributed by atoms with Crippen LogP contribution < -0.4 is 10.2 Å². The Morgan fingerprint density at radius 1 is 1.07 bits per heavy atom. The second-order valence-electron chi connectivity index (χ2n) is 7.21. The minimum Gasteiger partial charge on any atom is -0.372 e. The van der Waals surface area contributed by atoms with E-state index in [1.54, 1.807) is 11.1 Å². The number of amides is 2. The van der Waals surface area contributed by atoms with Gasteiger partial charge in [0.25, 0.3) is 0 Å². The van der Waals surface area contributed by atoms with E-state index in [9.17, 15) is 9.59 Å². The van der Waals surface area contributed by atoms with Crippen molar-refractivity contribution in [2.75, 3.05) is 24.5 Å². The van der Waals surface area contributed by atoms with Gasteiger partial charge < -0.3 is 15.1 Å². The summed E-state index contributed by atoms with van der Waals surface area (Å²) >= 11 is 0. The molecule has 1 N–H and O–H groups in total. The molecule has 5 heteroatoms. The van der Waals surface area contributed by atoms with E-state index >= 15 is 0 Å². The molecule has 1 aliphatic rings. The number of rotatable bonds is 8. The third kappa shape index (κ3) is 5.25. The molecule has 2 amide bonds. The molecule has 0 saturated carbocycles. The van der Waals surface area contributed by atoms with Crippen LogP contribution in [0.25, 0.3) is 6.08 Å². The molecule has 0 saturated heterocycles. The van der Waals surface area contributed by atoms with Crippen molar-refractivity contribution in [3.8, 4) is 0 Å². The summed E-state index contributed by atoms with van der Waals surface area (Å²) in [5.74, 6) is -0.0934. The maximum atomic E-state index is 12.6. The highest BCUT2D eigenvalue weighted by Gasteiger charge is 2.27. The van der Waals surface area contributed by atoms with Crippen LogP contribution in [0, 0.1) is 0 Å². The van der Waals surface area contributed by atoms with Crippen LogP contribution in [0.5, 0.6) is 0 Å². The lowest BCUT2D eigenvalue weighted by Crippen LogP contribution is -2.36. The van der Waals surface area contributed by atoms with Crippen molar-refractivity contribution in [3.63, 3.8) is 0 Å². The number of hydrogen-bond acceptors (Lipinski definition) is 3. The quantitative estimate of drug-likeness (QED) is 0.693. The van der Waals surface area contributed by atoms with Gasteiger partial charge in [0.05, 0.1) is 12.5 Å². The van der Waals surface area contributed by atoms with E-state index < -0.39 is 0 Å². The molecule has 1 aliphatic heterocycles. The molecule has 0 aromatic heterocycles. The molecule has 1 atom stereocenters. The Kier molecular flexibility index (Phi) is 7.06. The number of para-hydroxylation sites is 1. The fourth-order valence-corrected chi connectivity index (χ4v) is 3.77. The molecule has 0 spiro atoms. The van der Waals surface area contributed by atoms with Crippen molar-refractivity contribution in [1.82, 2.24) is 10.2 Å². The van der Waals surface area contributed by atoms with Gasteiger partial charge in [-0.25, -0.2) is 0 Å². The monoisotopic (exact) mass is 391 g/mol. The molecule has 0 aliphatic carbocycles. The number of benzene rings is 2. The second-order valence-corrected chi connectivity index (χ2v) is 7.21. The maximum absolute atomic E-state index is 12.6. The Bertz CT molecular complexity index is 863. The average Bonchev–Trinajstić information content (AvgIpc) is 2.74. The van der Waals surface area contributed by atoms with Crippen LogP contribution in [-0.2, 0) is 9.59 Å². The number of carbonyl (C=O) groups is 2. The highest BCUT2D eigenvalue weighted by molar-refractivity contribution is 5.81. The third-order valence-electron chi connectivity index (χ3n) is 5.28. The van der Waals surface area contributed by atoms with Crippen molar-refractivity contribution in [2.45, 2.75) is 32.7 Å². The van der Waals surface area contributed by atoms with Crippen molar-refractivity contribution in [3.05, 3.63) is 71.9 Å². The van der Waals surface area contributed by atoms with E-state index in [0.29, 0.717) is 6.54 Å². The summed E-state index contributed by atoms with van der Waals surface area (Å²) < 4.78 is 0. The summed E-state index contributed by atoms with van der Waals surface area (Å²) in [6.07, 6.45) is 4.83. The summed E-state index contributed by atoms with van der Waals surface area (Å²) in [7, 11) is 0. The maximum Gasteiger partial charge on any atom is 0.223 e. The first kappa shape index (κ1) is 20.6. The predicted octanol–water partition coefficient (Wildman–Crippen LogP) is 3.98. The molecule has 2 aromatic rings. The van der Waals surface area contributed by atoms with Gasteiger partial charge in [-0.15, -0.1) is 0 Å². The topological polar surface area (TPSA) is 52.7 Å². The van der Waals surface area contributed by atoms with Gasteiger partial charge in [0.1, 0.15) is 0 Å². The van der Waals surface area contributed by atoms with E-state index in [-0.39, 0.29) is 24.3 Å². The van der Waals surface area contributed by atoms with E-state index in [2.05, 4.69) is 29.3 Å². The molecular weight excluding hydrogens is 362 g/mol. The molecule has 0 radical (unpaired) electrons. The average molecular weight is 392 g/mol. The normalized spacial score (nSPS) is 15.0. The smallest absolute Gasteiger partial charge is 0.223 e. The molecule has 0 bridgehead atoms. The summed E-state index contributed by atoms with van der Waals surface area (Å²) in [6, 6.07) is 18.0. The van der Waals surface area contributed by atoms with Crippen LogP contribution in [-0.4, -0.2) is 36.3 Å². The number of hydrogen-bond donors (Lipinski definition) is 1. The lowest BCUT2D eigenvalue weighted by molar-refractivity contribution is -0.129. The molecule has 3 rings (SSSR count). The molecule has 152 valence electrons. The lowest BCUT2D eigenvalue weighted by Gasteiger charge is -2.32. The lowest BCUT2D eigenvalue weighted by atomic mass is 9.93. The van der Waals surface area contributed by atoms with Gasteiger partial charge in [-0.3, -0.25) is 9.59 Å². The first-order valence-electron chi connectivity index (χ1n) is 10.2. The van der Waals surface area contributed by atoms with Crippen molar-refractivity contribution < 1.29 is 9.59 Å². The van der Waals surface area contributed by atoms with Crippen molar-refractivity contribution >= 4 is 23.6 Å².